The molecule has 1 aromatic heterocycles. The van der Waals surface area contributed by atoms with Gasteiger partial charge in [0.05, 0.1) is 5.56 Å². The summed E-state index contributed by atoms with van der Waals surface area (Å²) in [5, 5.41) is 3.08. The van der Waals surface area contributed by atoms with Crippen LogP contribution in [0.5, 0.6) is 0 Å². The van der Waals surface area contributed by atoms with E-state index in [1.165, 1.54) is 6.07 Å². The third kappa shape index (κ3) is 4.09. The number of nitrogens with one attached hydrogen (secondary N) is 1. The minimum atomic E-state index is -4.33. The van der Waals surface area contributed by atoms with Gasteiger partial charge in [0.15, 0.2) is 0 Å². The molecule has 0 saturated heterocycles. The number of pyridine rings is 1. The van der Waals surface area contributed by atoms with Crippen molar-refractivity contribution in [3.05, 3.63) is 23.9 Å². The van der Waals surface area contributed by atoms with Gasteiger partial charge in [0.2, 0.25) is 0 Å². The van der Waals surface area contributed by atoms with Gasteiger partial charge in [0, 0.05) is 18.8 Å². The van der Waals surface area contributed by atoms with Crippen LogP contribution in [0.25, 0.3) is 0 Å². The quantitative estimate of drug-likeness (QED) is 0.890. The zero-order valence-corrected chi connectivity index (χ0v) is 10.6. The molecule has 1 aliphatic rings. The Morgan fingerprint density at radius 3 is 2.68 bits per heavy atom. The summed E-state index contributed by atoms with van der Waals surface area (Å²) < 4.78 is 37.1. The van der Waals surface area contributed by atoms with Crippen LogP contribution in [0, 0.1) is 5.92 Å². The Labute approximate surface area is 110 Å². The normalized spacial score (nSPS) is 24.2. The molecule has 2 unspecified atom stereocenters. The predicted octanol–water partition coefficient (Wildman–Crippen LogP) is 3.03. The summed E-state index contributed by atoms with van der Waals surface area (Å²) >= 11 is 0. The highest BCUT2D eigenvalue weighted by atomic mass is 19.4. The molecule has 0 spiro atoms. The molecule has 1 aliphatic carbocycles. The molecule has 6 heteroatoms. The van der Waals surface area contributed by atoms with Crippen molar-refractivity contribution in [3.63, 3.8) is 0 Å². The highest BCUT2D eigenvalue weighted by Gasteiger charge is 2.30. The Balaban J connectivity index is 1.86. The molecule has 1 saturated carbocycles. The number of rotatable bonds is 3. The van der Waals surface area contributed by atoms with Crippen LogP contribution in [-0.2, 0) is 6.18 Å². The molecular formula is C13H18F3N3. The molecule has 0 bridgehead atoms. The number of halogens is 3. The van der Waals surface area contributed by atoms with Crippen LogP contribution in [0.1, 0.15) is 31.2 Å². The van der Waals surface area contributed by atoms with E-state index in [4.69, 9.17) is 5.73 Å². The lowest BCUT2D eigenvalue weighted by Gasteiger charge is -2.26. The number of nitrogens with two attached hydrogens (primary N) is 1. The lowest BCUT2D eigenvalue weighted by atomic mass is 9.86. The molecule has 1 aromatic rings. The number of anilines is 1. The van der Waals surface area contributed by atoms with Gasteiger partial charge in [-0.25, -0.2) is 4.98 Å². The van der Waals surface area contributed by atoms with Gasteiger partial charge in [0.25, 0.3) is 0 Å². The van der Waals surface area contributed by atoms with Gasteiger partial charge in [-0.2, -0.15) is 13.2 Å². The molecule has 106 valence electrons. The molecule has 2 atom stereocenters. The maximum atomic E-state index is 12.4. The summed E-state index contributed by atoms with van der Waals surface area (Å²) in [5.74, 6) is 0.958. The van der Waals surface area contributed by atoms with Gasteiger partial charge in [-0.3, -0.25) is 0 Å². The second-order valence-electron chi connectivity index (χ2n) is 5.10. The Bertz CT molecular complexity index is 403. The third-order valence-corrected chi connectivity index (χ3v) is 3.49. The molecule has 2 rings (SSSR count). The zero-order chi connectivity index (χ0) is 13.9. The van der Waals surface area contributed by atoms with E-state index in [2.05, 4.69) is 10.3 Å². The van der Waals surface area contributed by atoms with Crippen molar-refractivity contribution in [2.45, 2.75) is 37.9 Å². The van der Waals surface area contributed by atoms with Crippen molar-refractivity contribution in [1.82, 2.24) is 4.98 Å². The Morgan fingerprint density at radius 1 is 1.32 bits per heavy atom. The van der Waals surface area contributed by atoms with Gasteiger partial charge >= 0.3 is 6.18 Å². The number of aromatic nitrogens is 1. The number of nitrogens with zero attached hydrogens (tertiary/aromatic N) is 1. The average Bonchev–Trinajstić information content (AvgIpc) is 2.36. The van der Waals surface area contributed by atoms with Crippen LogP contribution < -0.4 is 11.1 Å². The van der Waals surface area contributed by atoms with Gasteiger partial charge in [-0.1, -0.05) is 6.42 Å². The molecule has 0 amide bonds. The van der Waals surface area contributed by atoms with E-state index >= 15 is 0 Å². The Kier molecular flexibility index (Phi) is 4.29. The average molecular weight is 273 g/mol. The topological polar surface area (TPSA) is 50.9 Å². The molecule has 0 radical (unpaired) electrons. The molecular weight excluding hydrogens is 255 g/mol. The smallest absolute Gasteiger partial charge is 0.370 e. The number of hydrogen-bond acceptors (Lipinski definition) is 3. The number of hydrogen-bond donors (Lipinski definition) is 2. The van der Waals surface area contributed by atoms with E-state index in [-0.39, 0.29) is 6.04 Å². The first-order chi connectivity index (χ1) is 8.95. The van der Waals surface area contributed by atoms with E-state index in [1.807, 2.05) is 0 Å². The lowest BCUT2D eigenvalue weighted by Crippen LogP contribution is -2.31. The molecule has 3 nitrogen and oxygen atoms in total. The predicted molar refractivity (Wildman–Crippen MR) is 67.7 cm³/mol. The summed E-state index contributed by atoms with van der Waals surface area (Å²) in [6, 6.07) is 2.66. The van der Waals surface area contributed by atoms with Crippen molar-refractivity contribution in [2.24, 2.45) is 11.7 Å². The minimum absolute atomic E-state index is 0.251. The van der Waals surface area contributed by atoms with E-state index in [0.717, 1.165) is 37.9 Å². The molecule has 3 N–H and O–H groups in total. The first kappa shape index (κ1) is 14.1. The maximum absolute atomic E-state index is 12.4. The van der Waals surface area contributed by atoms with E-state index in [9.17, 15) is 13.2 Å². The second-order valence-corrected chi connectivity index (χ2v) is 5.10. The SMILES string of the molecule is NC1CCCC(CNc2ccc(C(F)(F)F)cn2)C1. The summed E-state index contributed by atoms with van der Waals surface area (Å²) in [6.45, 7) is 0.714. The summed E-state index contributed by atoms with van der Waals surface area (Å²) in [4.78, 5) is 3.79. The largest absolute Gasteiger partial charge is 0.417 e. The van der Waals surface area contributed by atoms with Gasteiger partial charge in [-0.05, 0) is 37.3 Å². The van der Waals surface area contributed by atoms with Crippen LogP contribution >= 0.6 is 0 Å². The monoisotopic (exact) mass is 273 g/mol. The highest BCUT2D eigenvalue weighted by Crippen LogP contribution is 2.29. The van der Waals surface area contributed by atoms with Gasteiger partial charge in [0.1, 0.15) is 5.82 Å². The van der Waals surface area contributed by atoms with Crippen molar-refractivity contribution in [3.8, 4) is 0 Å². The number of alkyl halides is 3. The second kappa shape index (κ2) is 5.77. The summed E-state index contributed by atoms with van der Waals surface area (Å²) in [6.07, 6.45) is 0.786. The van der Waals surface area contributed by atoms with E-state index in [0.29, 0.717) is 18.3 Å². The van der Waals surface area contributed by atoms with Crippen molar-refractivity contribution in [1.29, 1.82) is 0 Å². The van der Waals surface area contributed by atoms with Crippen LogP contribution in [0.4, 0.5) is 19.0 Å². The standard InChI is InChI=1S/C13H18F3N3/c14-13(15,16)10-4-5-12(19-8-10)18-7-9-2-1-3-11(17)6-9/h4-5,8-9,11H,1-3,6-7,17H2,(H,18,19). The zero-order valence-electron chi connectivity index (χ0n) is 10.6. The fourth-order valence-corrected chi connectivity index (χ4v) is 2.43. The maximum Gasteiger partial charge on any atom is 0.417 e. The van der Waals surface area contributed by atoms with Crippen LogP contribution in [0.15, 0.2) is 18.3 Å². The third-order valence-electron chi connectivity index (χ3n) is 3.49. The fourth-order valence-electron chi connectivity index (χ4n) is 2.43. The van der Waals surface area contributed by atoms with Crippen molar-refractivity contribution in [2.75, 3.05) is 11.9 Å². The van der Waals surface area contributed by atoms with E-state index in [1.54, 1.807) is 0 Å². The van der Waals surface area contributed by atoms with E-state index < -0.39 is 11.7 Å². The Morgan fingerprint density at radius 2 is 2.11 bits per heavy atom. The van der Waals surface area contributed by atoms with Crippen LogP contribution in [-0.4, -0.2) is 17.6 Å². The molecule has 0 aromatic carbocycles. The fraction of sp³-hybridized carbons (Fsp3) is 0.615. The molecule has 1 fully saturated rings. The van der Waals surface area contributed by atoms with Gasteiger partial charge in [-0.15, -0.1) is 0 Å². The molecule has 1 heterocycles. The highest BCUT2D eigenvalue weighted by molar-refractivity contribution is 5.36. The Hall–Kier alpha value is -1.30. The molecule has 0 aliphatic heterocycles. The van der Waals surface area contributed by atoms with Gasteiger partial charge < -0.3 is 11.1 Å². The minimum Gasteiger partial charge on any atom is -0.370 e. The lowest BCUT2D eigenvalue weighted by molar-refractivity contribution is -0.137. The van der Waals surface area contributed by atoms with Crippen LogP contribution in [0.2, 0.25) is 0 Å². The van der Waals surface area contributed by atoms with Crippen LogP contribution in [0.3, 0.4) is 0 Å². The van der Waals surface area contributed by atoms with Crippen molar-refractivity contribution >= 4 is 5.82 Å². The first-order valence-corrected chi connectivity index (χ1v) is 6.48. The summed E-state index contributed by atoms with van der Waals surface area (Å²) in [5.41, 5.74) is 5.17. The summed E-state index contributed by atoms with van der Waals surface area (Å²) in [7, 11) is 0. The van der Waals surface area contributed by atoms with Crippen molar-refractivity contribution < 1.29 is 13.2 Å². The molecule has 19 heavy (non-hydrogen) atoms. The first-order valence-electron chi connectivity index (χ1n) is 6.48.